The zero-order valence-electron chi connectivity index (χ0n) is 28.0. The number of hydrogen-bond donors (Lipinski definition) is 1. The predicted octanol–water partition coefficient (Wildman–Crippen LogP) is 4.03. The fourth-order valence-corrected chi connectivity index (χ4v) is 7.13. The Morgan fingerprint density at radius 1 is 0.979 bits per heavy atom. The van der Waals surface area contributed by atoms with Gasteiger partial charge in [-0.2, -0.15) is 0 Å². The minimum atomic E-state index is -1.68. The van der Waals surface area contributed by atoms with Crippen molar-refractivity contribution in [1.82, 2.24) is 20.1 Å². The van der Waals surface area contributed by atoms with Gasteiger partial charge in [0.1, 0.15) is 5.01 Å². The van der Waals surface area contributed by atoms with Crippen molar-refractivity contribution in [2.75, 3.05) is 32.8 Å². The van der Waals surface area contributed by atoms with Gasteiger partial charge in [0.05, 0.1) is 31.5 Å². The van der Waals surface area contributed by atoms with E-state index in [9.17, 15) is 19.2 Å². The van der Waals surface area contributed by atoms with Crippen LogP contribution in [0.15, 0.2) is 47.8 Å². The van der Waals surface area contributed by atoms with Gasteiger partial charge in [0, 0.05) is 51.8 Å². The quantitative estimate of drug-likeness (QED) is 0.283. The van der Waals surface area contributed by atoms with Gasteiger partial charge in [-0.05, 0) is 54.5 Å². The summed E-state index contributed by atoms with van der Waals surface area (Å²) in [4.78, 5) is 60.8. The van der Waals surface area contributed by atoms with Crippen molar-refractivity contribution in [3.63, 3.8) is 0 Å². The molecular formula is C36H44N4O7S. The van der Waals surface area contributed by atoms with Crippen LogP contribution in [0.4, 0.5) is 0 Å². The van der Waals surface area contributed by atoms with E-state index in [-0.39, 0.29) is 12.6 Å². The first kappa shape index (κ1) is 35.2. The van der Waals surface area contributed by atoms with Crippen LogP contribution in [-0.2, 0) is 52.9 Å². The van der Waals surface area contributed by atoms with Gasteiger partial charge in [0.2, 0.25) is 12.2 Å². The molecule has 3 atom stereocenters. The second-order valence-electron chi connectivity index (χ2n) is 12.4. The molecule has 1 aromatic heterocycles. The molecule has 256 valence electrons. The number of benzene rings is 2. The Labute approximate surface area is 285 Å². The van der Waals surface area contributed by atoms with Crippen LogP contribution >= 0.6 is 11.3 Å². The molecule has 2 aliphatic heterocycles. The minimum absolute atomic E-state index is 0.0529. The highest BCUT2D eigenvalue weighted by Gasteiger charge is 2.44. The maximum absolute atomic E-state index is 14.1. The summed E-state index contributed by atoms with van der Waals surface area (Å²) in [6, 6.07) is 14.0. The third-order valence-corrected chi connectivity index (χ3v) is 9.66. The van der Waals surface area contributed by atoms with E-state index in [0.717, 1.165) is 56.7 Å². The summed E-state index contributed by atoms with van der Waals surface area (Å²) in [7, 11) is 0. The average molecular weight is 677 g/mol. The Hall–Kier alpha value is -4.13. The maximum Gasteiger partial charge on any atom is 0.303 e. The molecule has 11 nitrogen and oxygen atoms in total. The van der Waals surface area contributed by atoms with Crippen molar-refractivity contribution in [2.45, 2.75) is 78.3 Å². The van der Waals surface area contributed by atoms with E-state index in [0.29, 0.717) is 37.6 Å². The molecular weight excluding hydrogens is 632 g/mol. The second-order valence-corrected chi connectivity index (χ2v) is 13.3. The third-order valence-electron chi connectivity index (χ3n) is 8.76. The molecule has 0 aliphatic carbocycles. The minimum Gasteiger partial charge on any atom is -0.448 e. The molecule has 5 rings (SSSR count). The third kappa shape index (κ3) is 9.06. The number of aryl methyl sites for hydroxylation is 2. The molecule has 2 saturated heterocycles. The van der Waals surface area contributed by atoms with E-state index in [4.69, 9.17) is 14.2 Å². The van der Waals surface area contributed by atoms with E-state index >= 15 is 0 Å². The summed E-state index contributed by atoms with van der Waals surface area (Å²) in [6.45, 7) is 10.8. The maximum atomic E-state index is 14.1. The molecule has 3 aromatic rings. The van der Waals surface area contributed by atoms with Crippen LogP contribution in [-0.4, -0.2) is 83.6 Å². The molecule has 0 spiro atoms. The smallest absolute Gasteiger partial charge is 0.303 e. The van der Waals surface area contributed by atoms with Gasteiger partial charge in [-0.3, -0.25) is 24.1 Å². The van der Waals surface area contributed by atoms with E-state index in [2.05, 4.69) is 53.3 Å². The summed E-state index contributed by atoms with van der Waals surface area (Å²) in [6.07, 6.45) is -1.23. The zero-order valence-corrected chi connectivity index (χ0v) is 28.8. The number of aromatic nitrogens is 1. The molecule has 2 aliphatic rings. The first-order valence-corrected chi connectivity index (χ1v) is 17.3. The number of nitrogens with zero attached hydrogens (tertiary/aromatic N) is 3. The number of likely N-dealkylation sites (tertiary alicyclic amines) is 1. The van der Waals surface area contributed by atoms with Crippen molar-refractivity contribution in [1.29, 1.82) is 0 Å². The highest BCUT2D eigenvalue weighted by Crippen LogP contribution is 2.34. The van der Waals surface area contributed by atoms with Gasteiger partial charge in [-0.15, -0.1) is 11.3 Å². The fourth-order valence-electron chi connectivity index (χ4n) is 6.39. The second kappa shape index (κ2) is 16.3. The van der Waals surface area contributed by atoms with Crippen molar-refractivity contribution < 1.29 is 33.4 Å². The number of hydrogen-bond acceptors (Lipinski definition) is 10. The lowest BCUT2D eigenvalue weighted by Gasteiger charge is -2.32. The summed E-state index contributed by atoms with van der Waals surface area (Å²) in [5.74, 6) is -2.88. The molecule has 0 saturated carbocycles. The molecule has 48 heavy (non-hydrogen) atoms. The van der Waals surface area contributed by atoms with E-state index in [1.54, 1.807) is 4.90 Å². The summed E-state index contributed by atoms with van der Waals surface area (Å²) < 4.78 is 16.3. The van der Waals surface area contributed by atoms with Crippen molar-refractivity contribution in [3.05, 3.63) is 86.4 Å². The number of thiazole rings is 1. The van der Waals surface area contributed by atoms with E-state index in [1.807, 2.05) is 23.6 Å². The molecule has 1 unspecified atom stereocenters. The number of esters is 2. The number of ether oxygens (including phenoxy) is 3. The van der Waals surface area contributed by atoms with E-state index < -0.39 is 36.0 Å². The zero-order chi connectivity index (χ0) is 34.2. The van der Waals surface area contributed by atoms with Crippen LogP contribution in [0.3, 0.4) is 0 Å². The lowest BCUT2D eigenvalue weighted by Crippen LogP contribution is -2.53. The Balaban J connectivity index is 1.30. The number of nitrogens with one attached hydrogen (secondary N) is 1. The van der Waals surface area contributed by atoms with Crippen molar-refractivity contribution >= 4 is 35.1 Å². The van der Waals surface area contributed by atoms with Gasteiger partial charge in [-0.25, -0.2) is 4.98 Å². The lowest BCUT2D eigenvalue weighted by molar-refractivity contribution is -0.178. The van der Waals surface area contributed by atoms with Crippen LogP contribution in [0.2, 0.25) is 0 Å². The fraction of sp³-hybridized carbons (Fsp3) is 0.472. The van der Waals surface area contributed by atoms with Crippen LogP contribution in [0.25, 0.3) is 0 Å². The normalized spacial score (nSPS) is 17.8. The van der Waals surface area contributed by atoms with E-state index in [1.165, 1.54) is 28.0 Å². The first-order chi connectivity index (χ1) is 23.1. The number of morpholine rings is 1. The first-order valence-electron chi connectivity index (χ1n) is 16.4. The molecule has 2 amide bonds. The monoisotopic (exact) mass is 676 g/mol. The van der Waals surface area contributed by atoms with Gasteiger partial charge in [-0.1, -0.05) is 42.5 Å². The van der Waals surface area contributed by atoms with Crippen LogP contribution in [0, 0.1) is 13.8 Å². The van der Waals surface area contributed by atoms with Gasteiger partial charge >= 0.3 is 11.9 Å². The topological polar surface area (TPSA) is 127 Å². The summed E-state index contributed by atoms with van der Waals surface area (Å²) >= 11 is 1.40. The molecule has 3 heterocycles. The highest BCUT2D eigenvalue weighted by molar-refractivity contribution is 7.09. The van der Waals surface area contributed by atoms with Crippen LogP contribution in [0.5, 0.6) is 0 Å². The molecule has 0 bridgehead atoms. The molecule has 1 N–H and O–H groups in total. The Morgan fingerprint density at radius 3 is 2.38 bits per heavy atom. The molecule has 2 fully saturated rings. The standard InChI is InChI=1S/C36H44N4O7S/c1-23-8-5-9-24(2)30(23)19-29-22-48-32(38-29)20-37-35(43)33(46-25(3)41)34(47-26(4)42)36(44)40-13-7-12-31(40)28-11-6-10-27(18-28)21-39-14-16-45-17-15-39/h5-6,8-11,18,22,31,33-34H,7,12-17,19-21H2,1-4H3,(H,37,43)/t31?,33-,34-/m1/s1. The van der Waals surface area contributed by atoms with Gasteiger partial charge in [0.15, 0.2) is 0 Å². The number of rotatable bonds is 12. The largest absolute Gasteiger partial charge is 0.448 e. The van der Waals surface area contributed by atoms with Gasteiger partial charge in [0.25, 0.3) is 11.8 Å². The number of carbonyl (C=O) groups excluding carboxylic acids is 4. The van der Waals surface area contributed by atoms with Crippen molar-refractivity contribution in [2.24, 2.45) is 0 Å². The molecule has 2 aromatic carbocycles. The van der Waals surface area contributed by atoms with Gasteiger partial charge < -0.3 is 24.4 Å². The summed E-state index contributed by atoms with van der Waals surface area (Å²) in [5, 5.41) is 5.35. The van der Waals surface area contributed by atoms with Crippen LogP contribution < -0.4 is 5.32 Å². The Morgan fingerprint density at radius 2 is 1.67 bits per heavy atom. The molecule has 12 heteroatoms. The summed E-state index contributed by atoms with van der Waals surface area (Å²) in [5.41, 5.74) is 6.54. The SMILES string of the molecule is CC(=O)O[C@@H](C(=O)NCc1nc(Cc2c(C)cccc2C)cs1)[C@@H](OC(C)=O)C(=O)N1CCCC1c1cccc(CN2CCOCC2)c1. The highest BCUT2D eigenvalue weighted by atomic mass is 32.1. The molecule has 0 radical (unpaired) electrons. The number of carbonyl (C=O) groups is 4. The Bertz CT molecular complexity index is 1600. The van der Waals surface area contributed by atoms with Crippen LogP contribution in [0.1, 0.15) is 71.2 Å². The lowest BCUT2D eigenvalue weighted by atomic mass is 9.99. The average Bonchev–Trinajstić information content (AvgIpc) is 3.74. The predicted molar refractivity (Wildman–Crippen MR) is 180 cm³/mol. The number of amides is 2. The Kier molecular flexibility index (Phi) is 12.0. The van der Waals surface area contributed by atoms with Crippen molar-refractivity contribution in [3.8, 4) is 0 Å².